The van der Waals surface area contributed by atoms with Crippen LogP contribution in [0.2, 0.25) is 0 Å². The molecule has 1 atom stereocenters. The Morgan fingerprint density at radius 3 is 2.39 bits per heavy atom. The van der Waals surface area contributed by atoms with Crippen LogP contribution in [-0.2, 0) is 11.2 Å². The third-order valence-corrected chi connectivity index (χ3v) is 4.10. The second-order valence-corrected chi connectivity index (χ2v) is 6.77. The molecular formula is C21H27NO. The molecule has 0 saturated carbocycles. The number of rotatable bonds is 6. The summed E-state index contributed by atoms with van der Waals surface area (Å²) in [4.78, 5) is 12.5. The lowest BCUT2D eigenvalue weighted by Gasteiger charge is -2.21. The van der Waals surface area contributed by atoms with Crippen LogP contribution in [0.1, 0.15) is 48.6 Å². The third-order valence-electron chi connectivity index (χ3n) is 4.10. The average Bonchev–Trinajstić information content (AvgIpc) is 2.51. The van der Waals surface area contributed by atoms with E-state index in [1.165, 1.54) is 16.7 Å². The summed E-state index contributed by atoms with van der Waals surface area (Å²) < 4.78 is 0. The van der Waals surface area contributed by atoms with Crippen LogP contribution < -0.4 is 5.32 Å². The van der Waals surface area contributed by atoms with E-state index in [2.05, 4.69) is 63.3 Å². The third kappa shape index (κ3) is 5.24. The number of benzene rings is 2. The molecule has 0 spiro atoms. The predicted octanol–water partition coefficient (Wildman–Crippen LogP) is 4.75. The summed E-state index contributed by atoms with van der Waals surface area (Å²) in [5.74, 6) is 0.620. The average molecular weight is 309 g/mol. The van der Waals surface area contributed by atoms with Crippen LogP contribution in [-0.4, -0.2) is 5.91 Å². The van der Waals surface area contributed by atoms with Crippen LogP contribution in [0.5, 0.6) is 0 Å². The lowest BCUT2D eigenvalue weighted by molar-refractivity contribution is -0.121. The first-order valence-corrected chi connectivity index (χ1v) is 8.36. The van der Waals surface area contributed by atoms with Crippen LogP contribution in [0.3, 0.4) is 0 Å². The highest BCUT2D eigenvalue weighted by Crippen LogP contribution is 2.21. The van der Waals surface area contributed by atoms with E-state index >= 15 is 0 Å². The highest BCUT2D eigenvalue weighted by molar-refractivity contribution is 5.79. The number of aryl methyl sites for hydroxylation is 2. The number of nitrogens with one attached hydrogen (secondary N) is 1. The maximum Gasteiger partial charge on any atom is 0.224 e. The van der Waals surface area contributed by atoms with Crippen molar-refractivity contribution in [3.63, 3.8) is 0 Å². The van der Waals surface area contributed by atoms with Crippen LogP contribution >= 0.6 is 0 Å². The molecule has 2 nitrogen and oxygen atoms in total. The zero-order chi connectivity index (χ0) is 16.8. The molecule has 1 amide bonds. The van der Waals surface area contributed by atoms with E-state index in [1.807, 2.05) is 18.2 Å². The maximum absolute atomic E-state index is 12.5. The van der Waals surface area contributed by atoms with E-state index in [9.17, 15) is 4.79 Å². The molecule has 122 valence electrons. The lowest BCUT2D eigenvalue weighted by atomic mass is 9.96. The molecule has 2 aromatic carbocycles. The quantitative estimate of drug-likeness (QED) is 0.819. The molecule has 1 N–H and O–H groups in total. The van der Waals surface area contributed by atoms with Gasteiger partial charge in [0, 0.05) is 0 Å². The minimum absolute atomic E-state index is 0.0776. The fourth-order valence-corrected chi connectivity index (χ4v) is 2.84. The van der Waals surface area contributed by atoms with Crippen molar-refractivity contribution in [1.82, 2.24) is 5.32 Å². The molecule has 2 rings (SSSR count). The first kappa shape index (κ1) is 17.3. The normalized spacial score (nSPS) is 12.2. The molecule has 2 heteroatoms. The van der Waals surface area contributed by atoms with Gasteiger partial charge in [0.05, 0.1) is 12.5 Å². The fraction of sp³-hybridized carbons (Fsp3) is 0.381. The Morgan fingerprint density at radius 1 is 1.04 bits per heavy atom. The Balaban J connectivity index is 2.10. The van der Waals surface area contributed by atoms with Gasteiger partial charge in [-0.15, -0.1) is 0 Å². The van der Waals surface area contributed by atoms with E-state index in [4.69, 9.17) is 0 Å². The first-order valence-electron chi connectivity index (χ1n) is 8.36. The minimum atomic E-state index is 0.0776. The van der Waals surface area contributed by atoms with Crippen LogP contribution in [0, 0.1) is 19.8 Å². The van der Waals surface area contributed by atoms with Crippen molar-refractivity contribution in [2.45, 2.75) is 46.6 Å². The van der Waals surface area contributed by atoms with Crippen LogP contribution in [0.25, 0.3) is 0 Å². The molecule has 0 aliphatic carbocycles. The smallest absolute Gasteiger partial charge is 0.224 e. The molecule has 23 heavy (non-hydrogen) atoms. The Bertz CT molecular complexity index is 646. The van der Waals surface area contributed by atoms with Gasteiger partial charge in [-0.1, -0.05) is 67.9 Å². The standard InChI is InChI=1S/C21H27NO/c1-15(2)12-20(18-8-6-5-7-9-18)22-21(23)14-19-13-16(3)10-11-17(19)4/h5-11,13,15,20H,12,14H2,1-4H3,(H,22,23). The fourth-order valence-electron chi connectivity index (χ4n) is 2.84. The molecule has 2 aromatic rings. The Hall–Kier alpha value is -2.09. The van der Waals surface area contributed by atoms with Crippen LogP contribution in [0.15, 0.2) is 48.5 Å². The second-order valence-electron chi connectivity index (χ2n) is 6.77. The number of hydrogen-bond donors (Lipinski definition) is 1. The number of carbonyl (C=O) groups excluding carboxylic acids is 1. The van der Waals surface area contributed by atoms with Gasteiger partial charge in [0.1, 0.15) is 0 Å². The summed E-state index contributed by atoms with van der Waals surface area (Å²) in [5.41, 5.74) is 4.65. The molecule has 0 heterocycles. The van der Waals surface area contributed by atoms with Crippen molar-refractivity contribution in [3.05, 3.63) is 70.8 Å². The molecular weight excluding hydrogens is 282 g/mol. The van der Waals surface area contributed by atoms with Crippen molar-refractivity contribution in [1.29, 1.82) is 0 Å². The van der Waals surface area contributed by atoms with Crippen molar-refractivity contribution >= 4 is 5.91 Å². The van der Waals surface area contributed by atoms with Gasteiger partial charge in [0.25, 0.3) is 0 Å². The van der Waals surface area contributed by atoms with E-state index in [-0.39, 0.29) is 11.9 Å². The molecule has 0 saturated heterocycles. The molecule has 0 aliphatic rings. The Morgan fingerprint density at radius 2 is 1.74 bits per heavy atom. The molecule has 0 bridgehead atoms. The van der Waals surface area contributed by atoms with E-state index < -0.39 is 0 Å². The Kier molecular flexibility index (Phi) is 5.97. The van der Waals surface area contributed by atoms with Crippen molar-refractivity contribution in [3.8, 4) is 0 Å². The molecule has 0 aliphatic heterocycles. The van der Waals surface area contributed by atoms with Gasteiger partial charge in [-0.25, -0.2) is 0 Å². The second kappa shape index (κ2) is 7.96. The number of carbonyl (C=O) groups is 1. The SMILES string of the molecule is Cc1ccc(C)c(CC(=O)NC(CC(C)C)c2ccccc2)c1. The minimum Gasteiger partial charge on any atom is -0.349 e. The van der Waals surface area contributed by atoms with Gasteiger partial charge in [0.2, 0.25) is 5.91 Å². The lowest BCUT2D eigenvalue weighted by Crippen LogP contribution is -2.31. The molecule has 0 aromatic heterocycles. The van der Waals surface area contributed by atoms with Crippen LogP contribution in [0.4, 0.5) is 0 Å². The molecule has 0 fully saturated rings. The summed E-state index contributed by atoms with van der Waals surface area (Å²) in [7, 11) is 0. The van der Waals surface area contributed by atoms with Gasteiger partial charge < -0.3 is 5.32 Å². The molecule has 1 unspecified atom stereocenters. The summed E-state index contributed by atoms with van der Waals surface area (Å²) >= 11 is 0. The van der Waals surface area contributed by atoms with E-state index in [0.717, 1.165) is 12.0 Å². The van der Waals surface area contributed by atoms with Gasteiger partial charge >= 0.3 is 0 Å². The highest BCUT2D eigenvalue weighted by Gasteiger charge is 2.16. The van der Waals surface area contributed by atoms with Crippen molar-refractivity contribution in [2.75, 3.05) is 0 Å². The van der Waals surface area contributed by atoms with Gasteiger partial charge in [-0.05, 0) is 42.9 Å². The first-order chi connectivity index (χ1) is 11.0. The van der Waals surface area contributed by atoms with Crippen molar-refractivity contribution in [2.24, 2.45) is 5.92 Å². The number of amides is 1. The van der Waals surface area contributed by atoms with E-state index in [0.29, 0.717) is 12.3 Å². The highest BCUT2D eigenvalue weighted by atomic mass is 16.1. The van der Waals surface area contributed by atoms with Crippen molar-refractivity contribution < 1.29 is 4.79 Å². The zero-order valence-electron chi connectivity index (χ0n) is 14.6. The largest absolute Gasteiger partial charge is 0.349 e. The van der Waals surface area contributed by atoms with Gasteiger partial charge in [-0.3, -0.25) is 4.79 Å². The number of hydrogen-bond acceptors (Lipinski definition) is 1. The maximum atomic E-state index is 12.5. The van der Waals surface area contributed by atoms with E-state index in [1.54, 1.807) is 0 Å². The summed E-state index contributed by atoms with van der Waals surface area (Å²) in [6, 6.07) is 16.6. The summed E-state index contributed by atoms with van der Waals surface area (Å²) in [6.07, 6.45) is 1.39. The Labute approximate surface area is 139 Å². The molecule has 0 radical (unpaired) electrons. The van der Waals surface area contributed by atoms with Gasteiger partial charge in [0.15, 0.2) is 0 Å². The summed E-state index contributed by atoms with van der Waals surface area (Å²) in [6.45, 7) is 8.50. The summed E-state index contributed by atoms with van der Waals surface area (Å²) in [5, 5.41) is 3.22. The topological polar surface area (TPSA) is 29.1 Å². The zero-order valence-corrected chi connectivity index (χ0v) is 14.6. The predicted molar refractivity (Wildman–Crippen MR) is 96.4 cm³/mol. The monoisotopic (exact) mass is 309 g/mol. The van der Waals surface area contributed by atoms with Gasteiger partial charge in [-0.2, -0.15) is 0 Å².